The zero-order valence-corrected chi connectivity index (χ0v) is 14.5. The molecule has 25 heavy (non-hydrogen) atoms. The summed E-state index contributed by atoms with van der Waals surface area (Å²) in [4.78, 5) is 43.6. The second-order valence-electron chi connectivity index (χ2n) is 7.34. The number of nitrogens with zero attached hydrogens (tertiary/aromatic N) is 2. The number of carbonyl (C=O) groups is 1. The van der Waals surface area contributed by atoms with E-state index in [1.165, 1.54) is 37.3 Å². The van der Waals surface area contributed by atoms with E-state index in [-0.39, 0.29) is 23.0 Å². The summed E-state index contributed by atoms with van der Waals surface area (Å²) in [5.74, 6) is 1.03. The maximum Gasteiger partial charge on any atom is 0.329 e. The van der Waals surface area contributed by atoms with E-state index in [9.17, 15) is 14.4 Å². The van der Waals surface area contributed by atoms with Crippen molar-refractivity contribution in [1.82, 2.24) is 19.9 Å². The lowest BCUT2D eigenvalue weighted by molar-refractivity contribution is 0.0928. The van der Waals surface area contributed by atoms with Gasteiger partial charge in [0.05, 0.1) is 10.9 Å². The van der Waals surface area contributed by atoms with Crippen LogP contribution in [0.4, 0.5) is 0 Å². The maximum atomic E-state index is 12.9. The summed E-state index contributed by atoms with van der Waals surface area (Å²) in [5.41, 5.74) is 0.0285. The van der Waals surface area contributed by atoms with E-state index >= 15 is 0 Å². The molecule has 7 nitrogen and oxygen atoms in total. The maximum absolute atomic E-state index is 12.9. The van der Waals surface area contributed by atoms with Gasteiger partial charge >= 0.3 is 5.69 Å². The predicted octanol–water partition coefficient (Wildman–Crippen LogP) is 1.24. The standard InChI is InChI=1S/C18H22N4O3/c1-9-8-12(14-15(19-9)22(2)18(25)21-17(14)24)16(23)20-13-7-6-10-4-3-5-11(10)13/h8,10-11,13H,3-7H2,1-2H3,(H,20,23)(H,21,24,25)/t10-,11-,13-/m1/s1. The number of aryl methyl sites for hydroxylation is 2. The molecule has 0 saturated heterocycles. The normalized spacial score (nSPS) is 25.3. The van der Waals surface area contributed by atoms with Gasteiger partial charge in [-0.25, -0.2) is 9.78 Å². The molecule has 2 aromatic rings. The molecule has 0 spiro atoms. The van der Waals surface area contributed by atoms with Gasteiger partial charge in [-0.05, 0) is 44.1 Å². The van der Waals surface area contributed by atoms with Crippen molar-refractivity contribution >= 4 is 16.9 Å². The number of pyridine rings is 1. The van der Waals surface area contributed by atoms with Crippen molar-refractivity contribution in [1.29, 1.82) is 0 Å². The lowest BCUT2D eigenvalue weighted by Gasteiger charge is -2.20. The first-order valence-corrected chi connectivity index (χ1v) is 8.87. The van der Waals surface area contributed by atoms with E-state index in [0.717, 1.165) is 12.3 Å². The second-order valence-corrected chi connectivity index (χ2v) is 7.34. The lowest BCUT2D eigenvalue weighted by atomic mass is 9.97. The largest absolute Gasteiger partial charge is 0.349 e. The van der Waals surface area contributed by atoms with E-state index in [2.05, 4.69) is 15.3 Å². The van der Waals surface area contributed by atoms with Crippen LogP contribution in [0.5, 0.6) is 0 Å². The van der Waals surface area contributed by atoms with E-state index in [1.54, 1.807) is 13.0 Å². The predicted molar refractivity (Wildman–Crippen MR) is 93.7 cm³/mol. The number of aromatic amines is 1. The Morgan fingerprint density at radius 3 is 2.88 bits per heavy atom. The number of H-pyrrole nitrogens is 1. The third-order valence-electron chi connectivity index (χ3n) is 5.84. The minimum Gasteiger partial charge on any atom is -0.349 e. The second kappa shape index (κ2) is 5.82. The Hall–Kier alpha value is -2.44. The van der Waals surface area contributed by atoms with Crippen molar-refractivity contribution in [2.75, 3.05) is 0 Å². The molecule has 0 unspecified atom stereocenters. The average molecular weight is 342 g/mol. The Morgan fingerprint density at radius 1 is 1.28 bits per heavy atom. The number of nitrogens with one attached hydrogen (secondary N) is 2. The molecule has 2 fully saturated rings. The number of hydrogen-bond acceptors (Lipinski definition) is 4. The summed E-state index contributed by atoms with van der Waals surface area (Å²) < 4.78 is 1.27. The van der Waals surface area contributed by atoms with Gasteiger partial charge in [0.2, 0.25) is 0 Å². The summed E-state index contributed by atoms with van der Waals surface area (Å²) in [7, 11) is 1.54. The molecule has 0 radical (unpaired) electrons. The van der Waals surface area contributed by atoms with E-state index in [0.29, 0.717) is 17.2 Å². The third-order valence-corrected chi connectivity index (χ3v) is 5.84. The van der Waals surface area contributed by atoms with Crippen LogP contribution in [0.25, 0.3) is 11.0 Å². The van der Waals surface area contributed by atoms with Crippen LogP contribution in [-0.2, 0) is 7.05 Å². The molecular weight excluding hydrogens is 320 g/mol. The molecule has 4 rings (SSSR count). The van der Waals surface area contributed by atoms with Gasteiger partial charge in [-0.15, -0.1) is 0 Å². The number of carbonyl (C=O) groups excluding carboxylic acids is 1. The SMILES string of the molecule is Cc1cc(C(=O)N[C@@H]2CC[C@H]3CCC[C@H]32)c2c(=O)[nH]c(=O)n(C)c2n1. The molecule has 7 heteroatoms. The van der Waals surface area contributed by atoms with Crippen LogP contribution < -0.4 is 16.6 Å². The Labute approximate surface area is 144 Å². The van der Waals surface area contributed by atoms with Crippen molar-refractivity contribution in [3.05, 3.63) is 38.2 Å². The van der Waals surface area contributed by atoms with E-state index < -0.39 is 11.2 Å². The minimum atomic E-state index is -0.569. The number of aromatic nitrogens is 3. The molecule has 0 aromatic carbocycles. The van der Waals surface area contributed by atoms with Gasteiger partial charge in [0.1, 0.15) is 5.65 Å². The smallest absolute Gasteiger partial charge is 0.329 e. The number of amides is 1. The molecule has 2 saturated carbocycles. The molecule has 132 valence electrons. The first-order valence-electron chi connectivity index (χ1n) is 8.87. The highest BCUT2D eigenvalue weighted by Crippen LogP contribution is 2.44. The Morgan fingerprint density at radius 2 is 2.08 bits per heavy atom. The first kappa shape index (κ1) is 16.1. The molecule has 1 amide bonds. The highest BCUT2D eigenvalue weighted by molar-refractivity contribution is 6.05. The third kappa shape index (κ3) is 2.58. The van der Waals surface area contributed by atoms with Gasteiger partial charge in [0.15, 0.2) is 0 Å². The molecule has 2 aliphatic rings. The summed E-state index contributed by atoms with van der Waals surface area (Å²) >= 11 is 0. The Kier molecular flexibility index (Phi) is 3.74. The Bertz CT molecular complexity index is 975. The summed E-state index contributed by atoms with van der Waals surface area (Å²) in [6, 6.07) is 1.80. The number of hydrogen-bond donors (Lipinski definition) is 2. The highest BCUT2D eigenvalue weighted by atomic mass is 16.2. The highest BCUT2D eigenvalue weighted by Gasteiger charge is 2.39. The van der Waals surface area contributed by atoms with Crippen molar-refractivity contribution in [3.63, 3.8) is 0 Å². The fourth-order valence-corrected chi connectivity index (χ4v) is 4.63. The van der Waals surface area contributed by atoms with Crippen LogP contribution >= 0.6 is 0 Å². The molecule has 2 aromatic heterocycles. The van der Waals surface area contributed by atoms with Crippen LogP contribution in [0.3, 0.4) is 0 Å². The van der Waals surface area contributed by atoms with Crippen molar-refractivity contribution in [2.45, 2.75) is 45.1 Å². The van der Waals surface area contributed by atoms with Crippen LogP contribution in [-0.4, -0.2) is 26.5 Å². The molecule has 2 aliphatic carbocycles. The van der Waals surface area contributed by atoms with Gasteiger partial charge in [-0.1, -0.05) is 12.8 Å². The quantitative estimate of drug-likeness (QED) is 0.858. The van der Waals surface area contributed by atoms with Gasteiger partial charge in [-0.3, -0.25) is 19.1 Å². The fourth-order valence-electron chi connectivity index (χ4n) is 4.63. The van der Waals surface area contributed by atoms with Gasteiger partial charge < -0.3 is 5.32 Å². The summed E-state index contributed by atoms with van der Waals surface area (Å²) in [6.45, 7) is 1.75. The van der Waals surface area contributed by atoms with E-state index in [1.807, 2.05) is 0 Å². The van der Waals surface area contributed by atoms with E-state index in [4.69, 9.17) is 0 Å². The van der Waals surface area contributed by atoms with Gasteiger partial charge in [-0.2, -0.15) is 0 Å². The van der Waals surface area contributed by atoms with Crippen molar-refractivity contribution in [2.24, 2.45) is 18.9 Å². The van der Waals surface area contributed by atoms with Crippen molar-refractivity contribution < 1.29 is 4.79 Å². The molecule has 2 N–H and O–H groups in total. The lowest BCUT2D eigenvalue weighted by Crippen LogP contribution is -2.39. The Balaban J connectivity index is 1.76. The molecule has 0 aliphatic heterocycles. The zero-order valence-electron chi connectivity index (χ0n) is 14.5. The number of fused-ring (bicyclic) bond motifs is 2. The van der Waals surface area contributed by atoms with Gasteiger partial charge in [0, 0.05) is 18.8 Å². The summed E-state index contributed by atoms with van der Waals surface area (Å²) in [6.07, 6.45) is 5.83. The molecule has 0 bridgehead atoms. The first-order chi connectivity index (χ1) is 12.0. The topological polar surface area (TPSA) is 96.9 Å². The minimum absolute atomic E-state index is 0.172. The average Bonchev–Trinajstić information content (AvgIpc) is 3.17. The van der Waals surface area contributed by atoms with Crippen LogP contribution in [0, 0.1) is 18.8 Å². The van der Waals surface area contributed by atoms with Crippen LogP contribution in [0.2, 0.25) is 0 Å². The summed E-state index contributed by atoms with van der Waals surface area (Å²) in [5, 5.41) is 3.31. The van der Waals surface area contributed by atoms with Gasteiger partial charge in [0.25, 0.3) is 11.5 Å². The fraction of sp³-hybridized carbons (Fsp3) is 0.556. The molecule has 2 heterocycles. The monoisotopic (exact) mass is 342 g/mol. The number of rotatable bonds is 2. The van der Waals surface area contributed by atoms with Crippen LogP contribution in [0.1, 0.15) is 48.2 Å². The molecule has 3 atom stereocenters. The zero-order chi connectivity index (χ0) is 17.7. The van der Waals surface area contributed by atoms with Crippen molar-refractivity contribution in [3.8, 4) is 0 Å². The molecular formula is C18H22N4O3. The van der Waals surface area contributed by atoms with Crippen LogP contribution in [0.15, 0.2) is 15.7 Å².